The van der Waals surface area contributed by atoms with Gasteiger partial charge in [-0.2, -0.15) is 0 Å². The number of thioether (sulfide) groups is 1. The molecule has 1 heterocycles. The van der Waals surface area contributed by atoms with E-state index in [1.54, 1.807) is 11.8 Å². The molecule has 4 heteroatoms. The number of anilines is 1. The van der Waals surface area contributed by atoms with Gasteiger partial charge in [-0.25, -0.2) is 9.97 Å². The maximum Gasteiger partial charge on any atom is 0.141 e. The fourth-order valence-corrected chi connectivity index (χ4v) is 2.61. The van der Waals surface area contributed by atoms with Gasteiger partial charge >= 0.3 is 0 Å². The molecule has 3 nitrogen and oxygen atoms in total. The second kappa shape index (κ2) is 6.48. The summed E-state index contributed by atoms with van der Waals surface area (Å²) >= 11 is 1.77. The van der Waals surface area contributed by atoms with E-state index in [2.05, 4.69) is 62.3 Å². The van der Waals surface area contributed by atoms with Crippen molar-refractivity contribution in [1.82, 2.24) is 9.97 Å². The lowest BCUT2D eigenvalue weighted by molar-refractivity contribution is 0.564. The molecule has 0 radical (unpaired) electrons. The maximum atomic E-state index is 4.71. The van der Waals surface area contributed by atoms with Crippen molar-refractivity contribution in [3.63, 3.8) is 0 Å². The third kappa shape index (κ3) is 4.46. The van der Waals surface area contributed by atoms with Gasteiger partial charge in [-0.1, -0.05) is 38.5 Å². The topological polar surface area (TPSA) is 37.8 Å². The first-order valence-corrected chi connectivity index (χ1v) is 8.13. The van der Waals surface area contributed by atoms with Crippen LogP contribution in [-0.4, -0.2) is 17.0 Å². The number of benzene rings is 1. The third-order valence-corrected chi connectivity index (χ3v) is 4.19. The molecular weight excluding hydrogens is 278 g/mol. The first kappa shape index (κ1) is 15.8. The molecule has 1 aromatic heterocycles. The van der Waals surface area contributed by atoms with E-state index in [1.165, 1.54) is 10.5 Å². The van der Waals surface area contributed by atoms with Gasteiger partial charge < -0.3 is 5.32 Å². The average molecular weight is 301 g/mol. The summed E-state index contributed by atoms with van der Waals surface area (Å²) in [6.45, 7) is 8.62. The Kier molecular flexibility index (Phi) is 4.88. The van der Waals surface area contributed by atoms with E-state index >= 15 is 0 Å². The highest BCUT2D eigenvalue weighted by molar-refractivity contribution is 7.98. The highest BCUT2D eigenvalue weighted by Crippen LogP contribution is 2.25. The smallest absolute Gasteiger partial charge is 0.141 e. The molecule has 0 aliphatic heterocycles. The molecule has 2 aromatic rings. The van der Waals surface area contributed by atoms with Crippen molar-refractivity contribution in [2.24, 2.45) is 0 Å². The minimum atomic E-state index is 0.0256. The van der Waals surface area contributed by atoms with E-state index in [9.17, 15) is 0 Å². The van der Waals surface area contributed by atoms with Crippen LogP contribution in [0.3, 0.4) is 0 Å². The van der Waals surface area contributed by atoms with Crippen LogP contribution in [0.4, 0.5) is 5.82 Å². The zero-order valence-electron chi connectivity index (χ0n) is 13.4. The maximum absolute atomic E-state index is 4.71. The molecule has 21 heavy (non-hydrogen) atoms. The molecule has 0 bridgehead atoms. The number of aromatic nitrogens is 2. The number of rotatable bonds is 4. The van der Waals surface area contributed by atoms with E-state index < -0.39 is 0 Å². The van der Waals surface area contributed by atoms with Crippen LogP contribution >= 0.6 is 11.8 Å². The minimum Gasteiger partial charge on any atom is -0.373 e. The summed E-state index contributed by atoms with van der Waals surface area (Å²) in [5, 5.41) is 3.13. The lowest BCUT2D eigenvalue weighted by Gasteiger charge is -2.19. The Hall–Kier alpha value is -1.55. The number of aryl methyl sites for hydroxylation is 1. The van der Waals surface area contributed by atoms with Gasteiger partial charge in [0.1, 0.15) is 11.6 Å². The first-order chi connectivity index (χ1) is 9.88. The highest BCUT2D eigenvalue weighted by atomic mass is 32.2. The standard InChI is InChI=1S/C17H23N3S/c1-12-6-8-13(9-7-12)21-11-16-19-14(17(2,3)4)10-15(18-5)20-16/h6-10H,11H2,1-5H3,(H,18,19,20). The van der Waals surface area contributed by atoms with Crippen molar-refractivity contribution in [3.05, 3.63) is 47.4 Å². The van der Waals surface area contributed by atoms with Crippen LogP contribution in [0.25, 0.3) is 0 Å². The molecule has 0 aliphatic rings. The fourth-order valence-electron chi connectivity index (χ4n) is 1.86. The van der Waals surface area contributed by atoms with Gasteiger partial charge in [0.2, 0.25) is 0 Å². The van der Waals surface area contributed by atoms with Crippen molar-refractivity contribution in [2.75, 3.05) is 12.4 Å². The van der Waals surface area contributed by atoms with Crippen LogP contribution in [0.1, 0.15) is 37.9 Å². The van der Waals surface area contributed by atoms with Crippen LogP contribution in [0, 0.1) is 6.92 Å². The Morgan fingerprint density at radius 1 is 1.10 bits per heavy atom. The van der Waals surface area contributed by atoms with E-state index in [-0.39, 0.29) is 5.41 Å². The Morgan fingerprint density at radius 2 is 1.76 bits per heavy atom. The highest BCUT2D eigenvalue weighted by Gasteiger charge is 2.17. The number of hydrogen-bond acceptors (Lipinski definition) is 4. The van der Waals surface area contributed by atoms with Crippen LogP contribution in [0.15, 0.2) is 35.2 Å². The molecule has 1 aromatic carbocycles. The van der Waals surface area contributed by atoms with Crippen molar-refractivity contribution in [2.45, 2.75) is 43.8 Å². The zero-order chi connectivity index (χ0) is 15.5. The van der Waals surface area contributed by atoms with E-state index in [0.717, 1.165) is 23.1 Å². The van der Waals surface area contributed by atoms with Gasteiger partial charge in [0.15, 0.2) is 0 Å². The molecule has 0 fully saturated rings. The molecule has 0 saturated heterocycles. The summed E-state index contributed by atoms with van der Waals surface area (Å²) in [7, 11) is 1.89. The third-order valence-electron chi connectivity index (χ3n) is 3.19. The van der Waals surface area contributed by atoms with Gasteiger partial charge in [-0.3, -0.25) is 0 Å². The average Bonchev–Trinajstić information content (AvgIpc) is 2.45. The summed E-state index contributed by atoms with van der Waals surface area (Å²) in [4.78, 5) is 10.5. The zero-order valence-corrected chi connectivity index (χ0v) is 14.2. The molecular formula is C17H23N3S. The van der Waals surface area contributed by atoms with E-state index in [4.69, 9.17) is 4.98 Å². The summed E-state index contributed by atoms with van der Waals surface area (Å²) in [6, 6.07) is 10.6. The quantitative estimate of drug-likeness (QED) is 0.849. The Balaban J connectivity index is 2.17. The van der Waals surface area contributed by atoms with E-state index in [1.807, 2.05) is 13.1 Å². The molecule has 0 aliphatic carbocycles. The summed E-state index contributed by atoms with van der Waals surface area (Å²) in [5.41, 5.74) is 2.38. The fraction of sp³-hybridized carbons (Fsp3) is 0.412. The lowest BCUT2D eigenvalue weighted by Crippen LogP contribution is -2.16. The predicted molar refractivity (Wildman–Crippen MR) is 91.0 cm³/mol. The van der Waals surface area contributed by atoms with Gasteiger partial charge in [-0.15, -0.1) is 11.8 Å². The summed E-state index contributed by atoms with van der Waals surface area (Å²) in [5.74, 6) is 2.54. The van der Waals surface area contributed by atoms with Crippen LogP contribution in [-0.2, 0) is 11.2 Å². The van der Waals surface area contributed by atoms with Gasteiger partial charge in [0.05, 0.1) is 11.4 Å². The molecule has 1 N–H and O–H groups in total. The van der Waals surface area contributed by atoms with Crippen LogP contribution in [0.5, 0.6) is 0 Å². The second-order valence-electron chi connectivity index (χ2n) is 6.16. The lowest BCUT2D eigenvalue weighted by atomic mass is 9.92. The molecule has 2 rings (SSSR count). The van der Waals surface area contributed by atoms with Crippen molar-refractivity contribution in [1.29, 1.82) is 0 Å². The first-order valence-electron chi connectivity index (χ1n) is 7.14. The normalized spacial score (nSPS) is 11.5. The summed E-state index contributed by atoms with van der Waals surface area (Å²) < 4.78 is 0. The van der Waals surface area contributed by atoms with E-state index in [0.29, 0.717) is 0 Å². The molecule has 0 atom stereocenters. The second-order valence-corrected chi connectivity index (χ2v) is 7.21. The molecule has 0 spiro atoms. The minimum absolute atomic E-state index is 0.0256. The number of hydrogen-bond donors (Lipinski definition) is 1. The molecule has 112 valence electrons. The largest absolute Gasteiger partial charge is 0.373 e. The van der Waals surface area contributed by atoms with Gasteiger partial charge in [0.25, 0.3) is 0 Å². The molecule has 0 unspecified atom stereocenters. The predicted octanol–water partition coefficient (Wildman–Crippen LogP) is 4.42. The monoisotopic (exact) mass is 301 g/mol. The summed E-state index contributed by atoms with van der Waals surface area (Å²) in [6.07, 6.45) is 0. The van der Waals surface area contributed by atoms with Gasteiger partial charge in [0, 0.05) is 23.4 Å². The van der Waals surface area contributed by atoms with Crippen LogP contribution < -0.4 is 5.32 Å². The van der Waals surface area contributed by atoms with Crippen molar-refractivity contribution < 1.29 is 0 Å². The molecule has 0 amide bonds. The molecule has 0 saturated carbocycles. The Labute approximate surface area is 131 Å². The Bertz CT molecular complexity index is 600. The number of nitrogens with zero attached hydrogens (tertiary/aromatic N) is 2. The van der Waals surface area contributed by atoms with Crippen molar-refractivity contribution >= 4 is 17.6 Å². The van der Waals surface area contributed by atoms with Gasteiger partial charge in [-0.05, 0) is 19.1 Å². The van der Waals surface area contributed by atoms with Crippen LogP contribution in [0.2, 0.25) is 0 Å². The SMILES string of the molecule is CNc1cc(C(C)(C)C)nc(CSc2ccc(C)cc2)n1. The number of nitrogens with one attached hydrogen (secondary N) is 1. The Morgan fingerprint density at radius 3 is 2.33 bits per heavy atom. The van der Waals surface area contributed by atoms with Crippen molar-refractivity contribution in [3.8, 4) is 0 Å².